The predicted octanol–water partition coefficient (Wildman–Crippen LogP) is 3.46. The Labute approximate surface area is 169 Å². The highest BCUT2D eigenvalue weighted by atomic mass is 32.1. The number of nitrogens with one attached hydrogen (secondary N) is 1. The maximum atomic E-state index is 14.7. The van der Waals surface area contributed by atoms with Gasteiger partial charge in [0.1, 0.15) is 5.82 Å². The van der Waals surface area contributed by atoms with Gasteiger partial charge in [-0.15, -0.1) is 11.3 Å². The van der Waals surface area contributed by atoms with Crippen molar-refractivity contribution in [3.05, 3.63) is 98.9 Å². The number of aryl methyl sites for hydroxylation is 1. The Hall–Kier alpha value is -3.52. The van der Waals surface area contributed by atoms with Crippen molar-refractivity contribution in [3.8, 4) is 11.4 Å². The molecule has 1 amide bonds. The first-order valence-corrected chi connectivity index (χ1v) is 9.68. The number of hydrogen-bond donors (Lipinski definition) is 1. The SMILES string of the molecule is Cc1ccc(C(=O)NCc2cn(-c3ccc(-n4ccccc4=O)cc3F)cn2)s1. The highest BCUT2D eigenvalue weighted by molar-refractivity contribution is 7.13. The molecule has 0 radical (unpaired) electrons. The van der Waals surface area contributed by atoms with Crippen LogP contribution in [0.4, 0.5) is 4.39 Å². The third kappa shape index (κ3) is 4.02. The van der Waals surface area contributed by atoms with Gasteiger partial charge < -0.3 is 9.88 Å². The fraction of sp³-hybridized carbons (Fsp3) is 0.0952. The fourth-order valence-corrected chi connectivity index (χ4v) is 3.68. The van der Waals surface area contributed by atoms with Gasteiger partial charge >= 0.3 is 0 Å². The van der Waals surface area contributed by atoms with Crippen LogP contribution in [0, 0.1) is 12.7 Å². The summed E-state index contributed by atoms with van der Waals surface area (Å²) in [5.74, 6) is -0.651. The van der Waals surface area contributed by atoms with Crippen molar-refractivity contribution in [2.75, 3.05) is 0 Å². The van der Waals surface area contributed by atoms with E-state index in [2.05, 4.69) is 10.3 Å². The number of imidazole rings is 1. The van der Waals surface area contributed by atoms with E-state index in [9.17, 15) is 14.0 Å². The van der Waals surface area contributed by atoms with Crippen molar-refractivity contribution in [2.24, 2.45) is 0 Å². The van der Waals surface area contributed by atoms with E-state index in [0.29, 0.717) is 21.9 Å². The minimum Gasteiger partial charge on any atom is -0.346 e. The third-order valence-electron chi connectivity index (χ3n) is 4.34. The Morgan fingerprint density at radius 3 is 2.79 bits per heavy atom. The number of benzene rings is 1. The number of rotatable bonds is 5. The number of hydrogen-bond acceptors (Lipinski definition) is 4. The van der Waals surface area contributed by atoms with Gasteiger partial charge in [-0.1, -0.05) is 6.07 Å². The molecule has 0 unspecified atom stereocenters. The molecule has 3 aromatic heterocycles. The molecule has 29 heavy (non-hydrogen) atoms. The number of carbonyl (C=O) groups excluding carboxylic acids is 1. The lowest BCUT2D eigenvalue weighted by molar-refractivity contribution is 0.0954. The number of halogens is 1. The molecule has 3 heterocycles. The minimum atomic E-state index is -0.486. The molecule has 8 heteroatoms. The van der Waals surface area contributed by atoms with Gasteiger partial charge in [-0.25, -0.2) is 9.37 Å². The van der Waals surface area contributed by atoms with Gasteiger partial charge in [-0.05, 0) is 37.3 Å². The van der Waals surface area contributed by atoms with Crippen molar-refractivity contribution in [1.82, 2.24) is 19.4 Å². The minimum absolute atomic E-state index is 0.165. The highest BCUT2D eigenvalue weighted by Gasteiger charge is 2.11. The second kappa shape index (κ2) is 7.84. The zero-order chi connectivity index (χ0) is 20.4. The lowest BCUT2D eigenvalue weighted by Gasteiger charge is -2.08. The lowest BCUT2D eigenvalue weighted by atomic mass is 10.2. The first-order valence-electron chi connectivity index (χ1n) is 8.87. The molecule has 1 N–H and O–H groups in total. The predicted molar refractivity (Wildman–Crippen MR) is 109 cm³/mol. The van der Waals surface area contributed by atoms with Crippen molar-refractivity contribution < 1.29 is 9.18 Å². The molecule has 0 spiro atoms. The summed E-state index contributed by atoms with van der Waals surface area (Å²) in [6, 6.07) is 13.0. The van der Waals surface area contributed by atoms with Gasteiger partial charge in [-0.2, -0.15) is 0 Å². The molecule has 4 aromatic rings. The van der Waals surface area contributed by atoms with Crippen LogP contribution in [0.3, 0.4) is 0 Å². The van der Waals surface area contributed by atoms with Gasteiger partial charge in [0.25, 0.3) is 11.5 Å². The van der Waals surface area contributed by atoms with Crippen molar-refractivity contribution >= 4 is 17.2 Å². The Morgan fingerprint density at radius 2 is 2.07 bits per heavy atom. The summed E-state index contributed by atoms with van der Waals surface area (Å²) in [4.78, 5) is 30.0. The molecule has 4 rings (SSSR count). The van der Waals surface area contributed by atoms with Gasteiger partial charge in [-0.3, -0.25) is 14.2 Å². The standard InChI is InChI=1S/C21H17FN4O2S/c1-14-5-8-19(29-14)21(28)23-11-15-12-25(13-24-15)18-7-6-16(10-17(18)22)26-9-3-2-4-20(26)27/h2-10,12-13H,11H2,1H3,(H,23,28). The smallest absolute Gasteiger partial charge is 0.261 e. The first kappa shape index (κ1) is 18.8. The van der Waals surface area contributed by atoms with Crippen molar-refractivity contribution in [3.63, 3.8) is 0 Å². The number of carbonyl (C=O) groups is 1. The number of pyridine rings is 1. The van der Waals surface area contributed by atoms with E-state index in [0.717, 1.165) is 4.88 Å². The van der Waals surface area contributed by atoms with Crippen LogP contribution in [0.15, 0.2) is 72.0 Å². The molecule has 146 valence electrons. The molecule has 0 aliphatic rings. The Balaban J connectivity index is 1.50. The largest absolute Gasteiger partial charge is 0.346 e. The lowest BCUT2D eigenvalue weighted by Crippen LogP contribution is -2.21. The van der Waals surface area contributed by atoms with Crippen LogP contribution in [-0.2, 0) is 6.54 Å². The molecule has 0 aliphatic heterocycles. The molecule has 0 fully saturated rings. The number of thiophene rings is 1. The normalized spacial score (nSPS) is 10.8. The summed E-state index contributed by atoms with van der Waals surface area (Å²) in [6.45, 7) is 2.18. The molecule has 0 saturated carbocycles. The summed E-state index contributed by atoms with van der Waals surface area (Å²) in [5.41, 5.74) is 1.11. The van der Waals surface area contributed by atoms with E-state index in [1.165, 1.54) is 34.4 Å². The maximum Gasteiger partial charge on any atom is 0.261 e. The number of nitrogens with zero attached hydrogens (tertiary/aromatic N) is 3. The van der Waals surface area contributed by atoms with Crippen LogP contribution in [0.25, 0.3) is 11.4 Å². The Bertz CT molecular complexity index is 1240. The van der Waals surface area contributed by atoms with E-state index in [4.69, 9.17) is 0 Å². The summed E-state index contributed by atoms with van der Waals surface area (Å²) < 4.78 is 17.6. The molecule has 0 saturated heterocycles. The average molecular weight is 408 g/mol. The van der Waals surface area contributed by atoms with Gasteiger partial charge in [0.05, 0.1) is 34.8 Å². The van der Waals surface area contributed by atoms with Crippen LogP contribution in [0.5, 0.6) is 0 Å². The van der Waals surface area contributed by atoms with E-state index < -0.39 is 5.82 Å². The Kier molecular flexibility index (Phi) is 5.09. The molecular formula is C21H17FN4O2S. The molecule has 0 aliphatic carbocycles. The zero-order valence-electron chi connectivity index (χ0n) is 15.5. The molecule has 0 atom stereocenters. The van der Waals surface area contributed by atoms with Crippen molar-refractivity contribution in [2.45, 2.75) is 13.5 Å². The second-order valence-corrected chi connectivity index (χ2v) is 7.70. The summed E-state index contributed by atoms with van der Waals surface area (Å²) in [7, 11) is 0. The van der Waals surface area contributed by atoms with Crippen LogP contribution in [0.1, 0.15) is 20.2 Å². The summed E-state index contributed by atoms with van der Waals surface area (Å²) >= 11 is 1.42. The third-order valence-corrected chi connectivity index (χ3v) is 5.34. The van der Waals surface area contributed by atoms with Crippen molar-refractivity contribution in [1.29, 1.82) is 0 Å². The summed E-state index contributed by atoms with van der Waals surface area (Å²) in [5, 5.41) is 2.81. The Morgan fingerprint density at radius 1 is 1.21 bits per heavy atom. The molecule has 6 nitrogen and oxygen atoms in total. The van der Waals surface area contributed by atoms with Crippen LogP contribution < -0.4 is 10.9 Å². The van der Waals surface area contributed by atoms with Gasteiger partial charge in [0.15, 0.2) is 0 Å². The van der Waals surface area contributed by atoms with E-state index >= 15 is 0 Å². The van der Waals surface area contributed by atoms with E-state index in [-0.39, 0.29) is 18.0 Å². The maximum absolute atomic E-state index is 14.7. The first-order chi connectivity index (χ1) is 14.0. The number of amides is 1. The van der Waals surface area contributed by atoms with Gasteiger partial charge in [0, 0.05) is 29.4 Å². The summed E-state index contributed by atoms with van der Waals surface area (Å²) in [6.07, 6.45) is 4.74. The fourth-order valence-electron chi connectivity index (χ4n) is 2.90. The van der Waals surface area contributed by atoms with E-state index in [1.807, 2.05) is 13.0 Å². The van der Waals surface area contributed by atoms with Gasteiger partial charge in [0.2, 0.25) is 0 Å². The molecular weight excluding hydrogens is 391 g/mol. The quantitative estimate of drug-likeness (QED) is 0.550. The van der Waals surface area contributed by atoms with E-state index in [1.54, 1.807) is 47.3 Å². The molecule has 1 aromatic carbocycles. The molecule has 0 bridgehead atoms. The van der Waals surface area contributed by atoms with Crippen LogP contribution in [0.2, 0.25) is 0 Å². The average Bonchev–Trinajstić information content (AvgIpc) is 3.35. The van der Waals surface area contributed by atoms with Crippen LogP contribution >= 0.6 is 11.3 Å². The zero-order valence-corrected chi connectivity index (χ0v) is 16.3. The number of aromatic nitrogens is 3. The second-order valence-electron chi connectivity index (χ2n) is 6.41. The topological polar surface area (TPSA) is 68.9 Å². The van der Waals surface area contributed by atoms with Crippen LogP contribution in [-0.4, -0.2) is 20.0 Å². The highest BCUT2D eigenvalue weighted by Crippen LogP contribution is 2.18. The monoisotopic (exact) mass is 408 g/mol.